The Morgan fingerprint density at radius 1 is 1.00 bits per heavy atom. The molecule has 3 rings (SSSR count). The van der Waals surface area contributed by atoms with E-state index >= 15 is 0 Å². The van der Waals surface area contributed by atoms with Gasteiger partial charge in [-0.25, -0.2) is 0 Å². The summed E-state index contributed by atoms with van der Waals surface area (Å²) in [5.41, 5.74) is 5.91. The lowest BCUT2D eigenvalue weighted by Crippen LogP contribution is -2.27. The van der Waals surface area contributed by atoms with Crippen molar-refractivity contribution in [3.05, 3.63) is 52.7 Å². The van der Waals surface area contributed by atoms with Gasteiger partial charge in [-0.2, -0.15) is 4.85 Å². The molecule has 0 aliphatic rings. The summed E-state index contributed by atoms with van der Waals surface area (Å²) in [6.45, 7) is 4.16. The molecule has 0 spiro atoms. The Labute approximate surface area is 104 Å². The number of hydrogen-bond donors (Lipinski definition) is 1. The minimum Gasteiger partial charge on any atom is -0.692 e. The molecule has 0 saturated carbocycles. The average Bonchev–Trinajstić information content (AvgIpc) is 2.69. The molecule has 1 heterocycles. The van der Waals surface area contributed by atoms with Crippen molar-refractivity contribution in [3.8, 4) is 11.1 Å². The normalized spacial score (nSPS) is 11.0. The highest BCUT2D eigenvalue weighted by atomic mass is 16.5. The van der Waals surface area contributed by atoms with Gasteiger partial charge in [-0.1, -0.05) is 34.5 Å². The molecule has 2 aromatic carbocycles. The number of aromatic amines is 1. The fourth-order valence-electron chi connectivity index (χ4n) is 2.26. The van der Waals surface area contributed by atoms with Gasteiger partial charge in [0.05, 0.1) is 0 Å². The average molecular weight is 239 g/mol. The molecular weight excluding hydrogens is 226 g/mol. The van der Waals surface area contributed by atoms with Crippen molar-refractivity contribution in [1.82, 2.24) is 10.3 Å². The topological polar surface area (TPSA) is 55.6 Å². The molecule has 0 aliphatic carbocycles. The van der Waals surface area contributed by atoms with E-state index in [-0.39, 0.29) is 0 Å². The number of nitrogens with one attached hydrogen (secondary N) is 1. The molecule has 0 bridgehead atoms. The van der Waals surface area contributed by atoms with Crippen LogP contribution >= 0.6 is 0 Å². The Hall–Kier alpha value is -2.36. The largest absolute Gasteiger partial charge is 0.692 e. The maximum absolute atomic E-state index is 11.3. The third-order valence-electron chi connectivity index (χ3n) is 3.01. The van der Waals surface area contributed by atoms with Gasteiger partial charge >= 0.3 is 0 Å². The number of aryl methyl sites for hydroxylation is 2. The van der Waals surface area contributed by atoms with Crippen LogP contribution in [-0.2, 0) is 0 Å². The lowest BCUT2D eigenvalue weighted by Gasteiger charge is -2.04. The second-order valence-corrected chi connectivity index (χ2v) is 4.59. The number of rotatable bonds is 1. The highest BCUT2D eigenvalue weighted by Gasteiger charge is 2.09. The van der Waals surface area contributed by atoms with Crippen LogP contribution in [0.5, 0.6) is 0 Å². The number of benzene rings is 2. The van der Waals surface area contributed by atoms with Crippen molar-refractivity contribution in [2.45, 2.75) is 13.8 Å². The quantitative estimate of drug-likeness (QED) is 0.524. The molecular formula is C14H13N3O. The third-order valence-corrected chi connectivity index (χ3v) is 3.01. The molecule has 0 fully saturated rings. The molecule has 0 aliphatic heterocycles. The van der Waals surface area contributed by atoms with Gasteiger partial charge in [0, 0.05) is 11.2 Å². The summed E-state index contributed by atoms with van der Waals surface area (Å²) in [6.07, 6.45) is 0. The van der Waals surface area contributed by atoms with Gasteiger partial charge in [-0.05, 0) is 37.1 Å². The lowest BCUT2D eigenvalue weighted by atomic mass is 10.0. The first-order chi connectivity index (χ1) is 8.63. The summed E-state index contributed by atoms with van der Waals surface area (Å²) in [4.78, 5) is 0.667. The first kappa shape index (κ1) is 10.8. The van der Waals surface area contributed by atoms with Crippen LogP contribution < -0.4 is 4.85 Å². The standard InChI is InChI=1S/C14H13N3O/c1-9-5-10(2)7-12(6-9)11-3-4-14-13(8-11)15-16-17(14)18/h3-8,16H,1-2H3. The van der Waals surface area contributed by atoms with Gasteiger partial charge in [0.15, 0.2) is 0 Å². The van der Waals surface area contributed by atoms with Gasteiger partial charge in [-0.3, -0.25) is 0 Å². The Morgan fingerprint density at radius 3 is 2.44 bits per heavy atom. The molecule has 3 aromatic rings. The van der Waals surface area contributed by atoms with Crippen LogP contribution in [0.3, 0.4) is 0 Å². The molecule has 0 saturated heterocycles. The Balaban J connectivity index is 2.18. The molecule has 0 unspecified atom stereocenters. The van der Waals surface area contributed by atoms with Crippen LogP contribution in [0, 0.1) is 19.1 Å². The second-order valence-electron chi connectivity index (χ2n) is 4.59. The number of hydrogen-bond acceptors (Lipinski definition) is 2. The van der Waals surface area contributed by atoms with E-state index in [0.29, 0.717) is 15.9 Å². The molecule has 4 nitrogen and oxygen atoms in total. The summed E-state index contributed by atoms with van der Waals surface area (Å²) in [6, 6.07) is 12.1. The molecule has 18 heavy (non-hydrogen) atoms. The van der Waals surface area contributed by atoms with E-state index < -0.39 is 0 Å². The van der Waals surface area contributed by atoms with E-state index in [9.17, 15) is 5.21 Å². The smallest absolute Gasteiger partial charge is 0.250 e. The van der Waals surface area contributed by atoms with Crippen LogP contribution in [0.15, 0.2) is 36.4 Å². The molecule has 1 N–H and O–H groups in total. The van der Waals surface area contributed by atoms with Crippen molar-refractivity contribution in [1.29, 1.82) is 0 Å². The molecule has 1 aromatic heterocycles. The van der Waals surface area contributed by atoms with Crippen LogP contribution in [0.1, 0.15) is 11.1 Å². The van der Waals surface area contributed by atoms with Gasteiger partial charge in [0.1, 0.15) is 0 Å². The zero-order chi connectivity index (χ0) is 12.7. The Bertz CT molecular complexity index is 711. The van der Waals surface area contributed by atoms with Gasteiger partial charge in [0.25, 0.3) is 0 Å². The van der Waals surface area contributed by atoms with Gasteiger partial charge in [-0.15, -0.1) is 0 Å². The third kappa shape index (κ3) is 1.72. The lowest BCUT2D eigenvalue weighted by molar-refractivity contribution is -0.644. The van der Waals surface area contributed by atoms with Crippen molar-refractivity contribution >= 4 is 11.0 Å². The molecule has 4 heteroatoms. The Morgan fingerprint density at radius 2 is 1.72 bits per heavy atom. The highest BCUT2D eigenvalue weighted by molar-refractivity contribution is 5.79. The van der Waals surface area contributed by atoms with Crippen molar-refractivity contribution in [2.24, 2.45) is 0 Å². The number of H-pyrrole nitrogens is 1. The van der Waals surface area contributed by atoms with E-state index in [1.165, 1.54) is 11.1 Å². The first-order valence-corrected chi connectivity index (χ1v) is 5.80. The maximum Gasteiger partial charge on any atom is 0.250 e. The zero-order valence-electron chi connectivity index (χ0n) is 10.3. The van der Waals surface area contributed by atoms with Gasteiger partial charge < -0.3 is 5.21 Å². The predicted molar refractivity (Wildman–Crippen MR) is 70.0 cm³/mol. The summed E-state index contributed by atoms with van der Waals surface area (Å²) in [5.74, 6) is 0. The molecule has 0 radical (unpaired) electrons. The predicted octanol–water partition coefficient (Wildman–Crippen LogP) is 2.48. The molecule has 0 atom stereocenters. The van der Waals surface area contributed by atoms with E-state index in [0.717, 1.165) is 11.1 Å². The molecule has 0 amide bonds. The van der Waals surface area contributed by atoms with Gasteiger partial charge in [0.2, 0.25) is 11.0 Å². The fraction of sp³-hybridized carbons (Fsp3) is 0.143. The Kier molecular flexibility index (Phi) is 2.30. The summed E-state index contributed by atoms with van der Waals surface area (Å²) in [7, 11) is 0. The molecule has 90 valence electrons. The van der Waals surface area contributed by atoms with Crippen molar-refractivity contribution in [3.63, 3.8) is 0 Å². The number of aromatic nitrogens is 3. The minimum atomic E-state index is 0.558. The van der Waals surface area contributed by atoms with Crippen molar-refractivity contribution in [2.75, 3.05) is 0 Å². The maximum atomic E-state index is 11.3. The summed E-state index contributed by atoms with van der Waals surface area (Å²) in [5, 5.41) is 17.7. The van der Waals surface area contributed by atoms with Crippen LogP contribution in [0.2, 0.25) is 0 Å². The fourth-order valence-corrected chi connectivity index (χ4v) is 2.26. The van der Waals surface area contributed by atoms with Crippen LogP contribution in [0.25, 0.3) is 22.2 Å². The van der Waals surface area contributed by atoms with E-state index in [1.807, 2.05) is 12.1 Å². The SMILES string of the molecule is Cc1cc(C)cc(-c2ccc3c(c2)n[nH][n+]3[O-])c1. The van der Waals surface area contributed by atoms with E-state index in [2.05, 4.69) is 42.4 Å². The van der Waals surface area contributed by atoms with E-state index in [4.69, 9.17) is 0 Å². The zero-order valence-corrected chi connectivity index (χ0v) is 10.3. The number of nitrogens with zero attached hydrogens (tertiary/aromatic N) is 2. The highest BCUT2D eigenvalue weighted by Crippen LogP contribution is 2.24. The van der Waals surface area contributed by atoms with E-state index in [1.54, 1.807) is 6.07 Å². The number of fused-ring (bicyclic) bond motifs is 1. The summed E-state index contributed by atoms with van der Waals surface area (Å²) >= 11 is 0. The van der Waals surface area contributed by atoms with Crippen LogP contribution in [0.4, 0.5) is 0 Å². The monoisotopic (exact) mass is 239 g/mol. The first-order valence-electron chi connectivity index (χ1n) is 5.80. The van der Waals surface area contributed by atoms with Crippen molar-refractivity contribution < 1.29 is 4.85 Å². The minimum absolute atomic E-state index is 0.558. The summed E-state index contributed by atoms with van der Waals surface area (Å²) < 4.78 is 0. The second kappa shape index (κ2) is 3.84. The van der Waals surface area contributed by atoms with Crippen LogP contribution in [-0.4, -0.2) is 10.3 Å².